The van der Waals surface area contributed by atoms with Crippen LogP contribution in [0.3, 0.4) is 0 Å². The lowest BCUT2D eigenvalue weighted by Gasteiger charge is -2.56. The Morgan fingerprint density at radius 2 is 1.42 bits per heavy atom. The first-order valence-corrected chi connectivity index (χ1v) is 11.0. The molecule has 0 saturated heterocycles. The number of hydrogen-bond donors (Lipinski definition) is 0. The number of halogens is 2. The molecule has 26 heavy (non-hydrogen) atoms. The van der Waals surface area contributed by atoms with Crippen molar-refractivity contribution >= 4 is 0 Å². The number of rotatable bonds is 4. The smallest absolute Gasteiger partial charge is 0.105 e. The van der Waals surface area contributed by atoms with Gasteiger partial charge < -0.3 is 4.57 Å². The van der Waals surface area contributed by atoms with Crippen molar-refractivity contribution in [3.8, 4) is 0 Å². The van der Waals surface area contributed by atoms with Gasteiger partial charge in [-0.05, 0) is 63.2 Å². The Kier molecular flexibility index (Phi) is 5.66. The molecule has 2 nitrogen and oxygen atoms in total. The molecule has 1 aromatic rings. The van der Waals surface area contributed by atoms with E-state index in [1.54, 1.807) is 0 Å². The van der Waals surface area contributed by atoms with E-state index in [1.165, 1.54) is 32.1 Å². The van der Waals surface area contributed by atoms with Gasteiger partial charge in [0.2, 0.25) is 0 Å². The van der Waals surface area contributed by atoms with Crippen LogP contribution in [-0.4, -0.2) is 21.9 Å². The Morgan fingerprint density at radius 3 is 2.08 bits per heavy atom. The molecule has 4 heteroatoms. The van der Waals surface area contributed by atoms with Crippen molar-refractivity contribution in [1.29, 1.82) is 0 Å². The lowest BCUT2D eigenvalue weighted by atomic mass is 9.55. The van der Waals surface area contributed by atoms with Crippen LogP contribution in [0.1, 0.15) is 83.5 Å². The summed E-state index contributed by atoms with van der Waals surface area (Å²) >= 11 is 0. The van der Waals surface area contributed by atoms with Crippen LogP contribution in [0, 0.1) is 17.8 Å². The van der Waals surface area contributed by atoms with Crippen LogP contribution in [0.4, 0.5) is 8.78 Å². The molecule has 3 unspecified atom stereocenters. The summed E-state index contributed by atoms with van der Waals surface area (Å²) in [5.74, 6) is 0.954. The SMILES string of the molecule is FC1CCC(C(C2CCCCC2)(C2CCCCC2F)n2ccnc2)CC1. The maximum absolute atomic E-state index is 15.4. The lowest BCUT2D eigenvalue weighted by Crippen LogP contribution is -2.57. The normalized spacial score (nSPS) is 36.5. The third-order valence-electron chi connectivity index (χ3n) is 7.80. The van der Waals surface area contributed by atoms with Crippen LogP contribution in [0.5, 0.6) is 0 Å². The van der Waals surface area contributed by atoms with Crippen molar-refractivity contribution in [3.05, 3.63) is 18.7 Å². The van der Waals surface area contributed by atoms with Crippen molar-refractivity contribution in [2.75, 3.05) is 0 Å². The van der Waals surface area contributed by atoms with E-state index in [2.05, 4.69) is 15.7 Å². The number of alkyl halides is 2. The van der Waals surface area contributed by atoms with Crippen LogP contribution in [0.15, 0.2) is 18.7 Å². The number of imidazole rings is 1. The highest BCUT2D eigenvalue weighted by Gasteiger charge is 2.55. The van der Waals surface area contributed by atoms with Gasteiger partial charge in [-0.3, -0.25) is 0 Å². The van der Waals surface area contributed by atoms with Crippen LogP contribution in [0.25, 0.3) is 0 Å². The van der Waals surface area contributed by atoms with Crippen molar-refractivity contribution < 1.29 is 8.78 Å². The Bertz CT molecular complexity index is 546. The average molecular weight is 365 g/mol. The highest BCUT2D eigenvalue weighted by molar-refractivity contribution is 5.08. The standard InChI is InChI=1S/C22H34F2N2/c23-19-12-10-18(11-13-19)22(26-15-14-25-16-26,17-6-2-1-3-7-17)20-8-4-5-9-21(20)24/h14-21H,1-13H2. The van der Waals surface area contributed by atoms with Crippen LogP contribution in [-0.2, 0) is 5.54 Å². The van der Waals surface area contributed by atoms with Crippen molar-refractivity contribution in [2.45, 2.75) is 101 Å². The van der Waals surface area contributed by atoms with Crippen molar-refractivity contribution in [3.63, 3.8) is 0 Å². The molecule has 0 spiro atoms. The highest BCUT2D eigenvalue weighted by Crippen LogP contribution is 2.55. The van der Waals surface area contributed by atoms with Gasteiger partial charge in [0, 0.05) is 18.3 Å². The summed E-state index contributed by atoms with van der Waals surface area (Å²) in [6, 6.07) is 0. The zero-order valence-electron chi connectivity index (χ0n) is 16.0. The zero-order valence-corrected chi connectivity index (χ0v) is 16.0. The second kappa shape index (κ2) is 7.98. The van der Waals surface area contributed by atoms with E-state index in [-0.39, 0.29) is 11.5 Å². The molecule has 0 amide bonds. The molecule has 3 aliphatic carbocycles. The minimum atomic E-state index is -0.726. The molecule has 0 N–H and O–H groups in total. The number of aromatic nitrogens is 2. The Hall–Kier alpha value is -0.930. The van der Waals surface area contributed by atoms with Crippen LogP contribution in [0.2, 0.25) is 0 Å². The van der Waals surface area contributed by atoms with Gasteiger partial charge >= 0.3 is 0 Å². The largest absolute Gasteiger partial charge is 0.330 e. The molecule has 3 atom stereocenters. The first-order chi connectivity index (χ1) is 12.7. The predicted molar refractivity (Wildman–Crippen MR) is 100 cm³/mol. The fourth-order valence-electron chi connectivity index (χ4n) is 6.73. The zero-order chi connectivity index (χ0) is 18.0. The molecule has 0 aliphatic heterocycles. The summed E-state index contributed by atoms with van der Waals surface area (Å²) < 4.78 is 31.7. The molecule has 0 bridgehead atoms. The molecule has 3 aliphatic rings. The van der Waals surface area contributed by atoms with Gasteiger partial charge in [0.05, 0.1) is 11.9 Å². The summed E-state index contributed by atoms with van der Waals surface area (Å²) in [4.78, 5) is 4.38. The fraction of sp³-hybridized carbons (Fsp3) is 0.864. The molecule has 0 radical (unpaired) electrons. The monoisotopic (exact) mass is 364 g/mol. The van der Waals surface area contributed by atoms with Crippen molar-refractivity contribution in [1.82, 2.24) is 9.55 Å². The molecule has 0 aromatic carbocycles. The van der Waals surface area contributed by atoms with Crippen LogP contribution >= 0.6 is 0 Å². The van der Waals surface area contributed by atoms with E-state index >= 15 is 4.39 Å². The second-order valence-electron chi connectivity index (χ2n) is 9.05. The summed E-state index contributed by atoms with van der Waals surface area (Å²) in [5, 5.41) is 0. The lowest BCUT2D eigenvalue weighted by molar-refractivity contribution is -0.0705. The minimum Gasteiger partial charge on any atom is -0.330 e. The number of hydrogen-bond acceptors (Lipinski definition) is 1. The molecule has 3 fully saturated rings. The third-order valence-corrected chi connectivity index (χ3v) is 7.80. The maximum Gasteiger partial charge on any atom is 0.105 e. The molecule has 1 heterocycles. The molecule has 146 valence electrons. The summed E-state index contributed by atoms with van der Waals surface area (Å²) in [7, 11) is 0. The average Bonchev–Trinajstić information content (AvgIpc) is 3.21. The molecular weight excluding hydrogens is 330 g/mol. The van der Waals surface area contributed by atoms with E-state index in [9.17, 15) is 4.39 Å². The van der Waals surface area contributed by atoms with Crippen LogP contribution < -0.4 is 0 Å². The molecule has 4 rings (SSSR count). The molecular formula is C22H34F2N2. The van der Waals surface area contributed by atoms with Gasteiger partial charge in [0.15, 0.2) is 0 Å². The second-order valence-corrected chi connectivity index (χ2v) is 9.05. The van der Waals surface area contributed by atoms with Gasteiger partial charge in [-0.2, -0.15) is 0 Å². The Labute approximate surface area is 156 Å². The van der Waals surface area contributed by atoms with Gasteiger partial charge in [-0.15, -0.1) is 0 Å². The van der Waals surface area contributed by atoms with E-state index in [0.717, 1.165) is 32.1 Å². The summed E-state index contributed by atoms with van der Waals surface area (Å²) in [6.45, 7) is 0. The Balaban J connectivity index is 1.79. The summed E-state index contributed by atoms with van der Waals surface area (Å²) in [5.41, 5.74) is -0.198. The van der Waals surface area contributed by atoms with Crippen molar-refractivity contribution in [2.24, 2.45) is 17.8 Å². The number of nitrogens with zero attached hydrogens (tertiary/aromatic N) is 2. The van der Waals surface area contributed by atoms with E-state index in [4.69, 9.17) is 0 Å². The first-order valence-electron chi connectivity index (χ1n) is 11.0. The van der Waals surface area contributed by atoms with E-state index < -0.39 is 12.3 Å². The molecule has 1 aromatic heterocycles. The molecule has 3 saturated carbocycles. The quantitative estimate of drug-likeness (QED) is 0.620. The van der Waals surface area contributed by atoms with Gasteiger partial charge in [-0.25, -0.2) is 13.8 Å². The topological polar surface area (TPSA) is 17.8 Å². The predicted octanol–water partition coefficient (Wildman–Crippen LogP) is 6.22. The fourth-order valence-corrected chi connectivity index (χ4v) is 6.73. The first kappa shape index (κ1) is 18.4. The highest BCUT2D eigenvalue weighted by atomic mass is 19.1. The van der Waals surface area contributed by atoms with Gasteiger partial charge in [-0.1, -0.05) is 32.1 Å². The summed E-state index contributed by atoms with van der Waals surface area (Å²) in [6.07, 6.45) is 17.6. The van der Waals surface area contributed by atoms with E-state index in [1.807, 2.05) is 12.5 Å². The maximum atomic E-state index is 15.4. The minimum absolute atomic E-state index is 0.0645. The Morgan fingerprint density at radius 1 is 0.769 bits per heavy atom. The van der Waals surface area contributed by atoms with E-state index in [0.29, 0.717) is 31.1 Å². The van der Waals surface area contributed by atoms with Gasteiger partial charge in [0.25, 0.3) is 0 Å². The third kappa shape index (κ3) is 3.22. The van der Waals surface area contributed by atoms with Gasteiger partial charge in [0.1, 0.15) is 12.3 Å².